The highest BCUT2D eigenvalue weighted by Crippen LogP contribution is 2.36. The van der Waals surface area contributed by atoms with Gasteiger partial charge in [-0.15, -0.1) is 0 Å². The molecule has 0 aliphatic carbocycles. The van der Waals surface area contributed by atoms with Crippen LogP contribution in [0.4, 0.5) is 4.79 Å². The Morgan fingerprint density at radius 2 is 2.00 bits per heavy atom. The zero-order valence-electron chi connectivity index (χ0n) is 20.3. The maximum atomic E-state index is 13.6. The number of aliphatic imine (C=N–C) groups is 1. The number of H-pyrrole nitrogens is 1. The number of likely N-dealkylation sites (tertiary alicyclic amines) is 1. The van der Waals surface area contributed by atoms with E-state index in [9.17, 15) is 9.59 Å². The maximum Gasteiger partial charge on any atom is 0.407 e. The maximum absolute atomic E-state index is 13.6. The van der Waals surface area contributed by atoms with Gasteiger partial charge in [0.2, 0.25) is 5.91 Å². The van der Waals surface area contributed by atoms with Gasteiger partial charge < -0.3 is 24.9 Å². The number of rotatable bonds is 6. The lowest BCUT2D eigenvalue weighted by Crippen LogP contribution is -2.51. The number of aromatic amines is 1. The lowest BCUT2D eigenvalue weighted by atomic mass is 10.0. The number of ether oxygens (including phenoxy) is 1. The van der Waals surface area contributed by atoms with Crippen LogP contribution in [-0.4, -0.2) is 59.8 Å². The summed E-state index contributed by atoms with van der Waals surface area (Å²) in [4.78, 5) is 39.6. The van der Waals surface area contributed by atoms with Gasteiger partial charge in [-0.2, -0.15) is 0 Å². The molecule has 184 valence electrons. The van der Waals surface area contributed by atoms with Crippen LogP contribution in [0.3, 0.4) is 0 Å². The minimum atomic E-state index is -0.698. The summed E-state index contributed by atoms with van der Waals surface area (Å²) in [6, 6.07) is 11.5. The minimum Gasteiger partial charge on any atom is -0.453 e. The van der Waals surface area contributed by atoms with Crippen molar-refractivity contribution in [3.8, 4) is 11.3 Å². The van der Waals surface area contributed by atoms with Crippen molar-refractivity contribution in [2.24, 2.45) is 16.8 Å². The van der Waals surface area contributed by atoms with Gasteiger partial charge in [0.1, 0.15) is 11.9 Å². The Morgan fingerprint density at radius 3 is 2.71 bits per heavy atom. The molecule has 1 fully saturated rings. The van der Waals surface area contributed by atoms with Crippen molar-refractivity contribution in [3.63, 3.8) is 0 Å². The molecule has 0 saturated carbocycles. The zero-order valence-corrected chi connectivity index (χ0v) is 21.9. The zero-order chi connectivity index (χ0) is 25.1. The molecule has 3 aromatic rings. The molecule has 0 radical (unpaired) electrons. The third-order valence-electron chi connectivity index (χ3n) is 6.39. The Bertz CT molecular complexity index is 1250. The van der Waals surface area contributed by atoms with Crippen molar-refractivity contribution < 1.29 is 14.3 Å². The number of hydrogen-bond donors (Lipinski definition) is 2. The van der Waals surface area contributed by atoms with E-state index in [1.165, 1.54) is 7.11 Å². The lowest BCUT2D eigenvalue weighted by Gasteiger charge is -2.30. The van der Waals surface area contributed by atoms with Gasteiger partial charge >= 0.3 is 6.09 Å². The number of imidazole rings is 1. The molecule has 2 N–H and O–H groups in total. The SMILES string of the molecule is CN=C[C@@H]1C[C@H](c2ncc(-c3ccc4cc(Br)ccc4c3)[nH]2)N(C(=O)[C@H](NC(=O)OC)C(C)C)C1. The van der Waals surface area contributed by atoms with E-state index in [1.54, 1.807) is 11.9 Å². The molecule has 2 amide bonds. The average Bonchev–Trinajstić information content (AvgIpc) is 3.49. The second-order valence-electron chi connectivity index (χ2n) is 9.16. The summed E-state index contributed by atoms with van der Waals surface area (Å²) < 4.78 is 5.78. The standard InChI is InChI=1S/C26H30BrN5O3/c1-15(2)23(31-26(34)35-4)25(33)32-14-16(12-28-3)9-22(32)24-29-13-21(30-24)19-6-5-18-11-20(27)8-7-17(18)10-19/h5-8,10-13,15-16,22-23H,9,14H2,1-4H3,(H,29,30)(H,31,34)/t16-,22+,23+/m0/s1. The van der Waals surface area contributed by atoms with Gasteiger partial charge in [-0.25, -0.2) is 9.78 Å². The topological polar surface area (TPSA) is 99.7 Å². The number of hydrogen-bond acceptors (Lipinski definition) is 5. The minimum absolute atomic E-state index is 0.104. The number of aromatic nitrogens is 2. The van der Waals surface area contributed by atoms with Gasteiger partial charge in [-0.05, 0) is 41.3 Å². The Hall–Kier alpha value is -3.20. The molecule has 2 aromatic carbocycles. The number of halogens is 1. The lowest BCUT2D eigenvalue weighted by molar-refractivity contribution is -0.135. The highest BCUT2D eigenvalue weighted by molar-refractivity contribution is 9.10. The molecule has 1 saturated heterocycles. The number of amides is 2. The monoisotopic (exact) mass is 539 g/mol. The molecular formula is C26H30BrN5O3. The molecule has 9 heteroatoms. The normalized spacial score (nSPS) is 19.0. The fourth-order valence-corrected chi connectivity index (χ4v) is 4.98. The molecule has 1 aliphatic heterocycles. The predicted molar refractivity (Wildman–Crippen MR) is 140 cm³/mol. The van der Waals surface area contributed by atoms with Gasteiger partial charge in [0.15, 0.2) is 0 Å². The molecule has 3 atom stereocenters. The van der Waals surface area contributed by atoms with Gasteiger partial charge in [0, 0.05) is 35.8 Å². The molecule has 35 heavy (non-hydrogen) atoms. The molecule has 4 rings (SSSR count). The van der Waals surface area contributed by atoms with Crippen molar-refractivity contribution in [3.05, 3.63) is 52.9 Å². The smallest absolute Gasteiger partial charge is 0.407 e. The quantitative estimate of drug-likeness (QED) is 0.432. The van der Waals surface area contributed by atoms with E-state index in [-0.39, 0.29) is 23.8 Å². The number of alkyl carbamates (subject to hydrolysis) is 1. The summed E-state index contributed by atoms with van der Waals surface area (Å²) >= 11 is 3.52. The van der Waals surface area contributed by atoms with Gasteiger partial charge in [-0.3, -0.25) is 4.79 Å². The van der Waals surface area contributed by atoms with Crippen LogP contribution in [0.25, 0.3) is 22.0 Å². The van der Waals surface area contributed by atoms with Gasteiger partial charge in [-0.1, -0.05) is 48.0 Å². The van der Waals surface area contributed by atoms with Crippen molar-refractivity contribution in [2.45, 2.75) is 32.4 Å². The second kappa shape index (κ2) is 10.6. The van der Waals surface area contributed by atoms with Crippen LogP contribution in [0.15, 0.2) is 52.1 Å². The van der Waals surface area contributed by atoms with Crippen molar-refractivity contribution in [1.29, 1.82) is 0 Å². The van der Waals surface area contributed by atoms with E-state index in [2.05, 4.69) is 66.5 Å². The number of nitrogens with zero attached hydrogens (tertiary/aromatic N) is 3. The van der Waals surface area contributed by atoms with Crippen LogP contribution in [0.1, 0.15) is 32.1 Å². The number of carbonyl (C=O) groups is 2. The van der Waals surface area contributed by atoms with E-state index in [1.807, 2.05) is 32.3 Å². The van der Waals surface area contributed by atoms with Crippen LogP contribution < -0.4 is 5.32 Å². The Kier molecular flexibility index (Phi) is 7.54. The molecule has 1 aromatic heterocycles. The van der Waals surface area contributed by atoms with Crippen LogP contribution in [-0.2, 0) is 9.53 Å². The molecule has 2 heterocycles. The van der Waals surface area contributed by atoms with Crippen LogP contribution in [0.2, 0.25) is 0 Å². The van der Waals surface area contributed by atoms with Crippen LogP contribution in [0, 0.1) is 11.8 Å². The first-order valence-electron chi connectivity index (χ1n) is 11.6. The summed E-state index contributed by atoms with van der Waals surface area (Å²) in [5.41, 5.74) is 1.91. The first kappa shape index (κ1) is 24.9. The van der Waals surface area contributed by atoms with E-state index < -0.39 is 12.1 Å². The molecule has 1 aliphatic rings. The summed E-state index contributed by atoms with van der Waals surface area (Å²) in [5, 5.41) is 4.97. The number of fused-ring (bicyclic) bond motifs is 1. The molecule has 0 spiro atoms. The molecule has 8 nitrogen and oxygen atoms in total. The number of nitrogens with one attached hydrogen (secondary N) is 2. The average molecular weight is 540 g/mol. The van der Waals surface area contributed by atoms with Gasteiger partial charge in [0.25, 0.3) is 0 Å². The predicted octanol–water partition coefficient (Wildman–Crippen LogP) is 4.96. The third-order valence-corrected chi connectivity index (χ3v) is 6.89. The molecular weight excluding hydrogens is 510 g/mol. The van der Waals surface area contributed by atoms with Crippen molar-refractivity contribution in [1.82, 2.24) is 20.2 Å². The van der Waals surface area contributed by atoms with Crippen molar-refractivity contribution >= 4 is 44.9 Å². The largest absolute Gasteiger partial charge is 0.453 e. The Balaban J connectivity index is 1.63. The summed E-state index contributed by atoms with van der Waals surface area (Å²) in [5.74, 6) is 0.562. The number of carbonyl (C=O) groups excluding carboxylic acids is 2. The molecule has 0 bridgehead atoms. The van der Waals surface area contributed by atoms with Gasteiger partial charge in [0.05, 0.1) is 25.0 Å². The van der Waals surface area contributed by atoms with Crippen LogP contribution >= 0.6 is 15.9 Å². The van der Waals surface area contributed by atoms with Crippen LogP contribution in [0.5, 0.6) is 0 Å². The Labute approximate surface area is 213 Å². The summed E-state index contributed by atoms with van der Waals surface area (Å²) in [6.07, 6.45) is 3.77. The summed E-state index contributed by atoms with van der Waals surface area (Å²) in [6.45, 7) is 4.31. The second-order valence-corrected chi connectivity index (χ2v) is 10.1. The first-order valence-corrected chi connectivity index (χ1v) is 12.4. The van der Waals surface area contributed by atoms with E-state index >= 15 is 0 Å². The highest BCUT2D eigenvalue weighted by Gasteiger charge is 2.41. The van der Waals surface area contributed by atoms with E-state index in [0.717, 1.165) is 32.3 Å². The fourth-order valence-electron chi connectivity index (χ4n) is 4.60. The Morgan fingerprint density at radius 1 is 1.26 bits per heavy atom. The first-order chi connectivity index (χ1) is 16.8. The number of methoxy groups -OCH3 is 1. The van der Waals surface area contributed by atoms with E-state index in [4.69, 9.17) is 4.74 Å². The molecule has 0 unspecified atom stereocenters. The highest BCUT2D eigenvalue weighted by atomic mass is 79.9. The van der Waals surface area contributed by atoms with E-state index in [0.29, 0.717) is 13.0 Å². The summed E-state index contributed by atoms with van der Waals surface area (Å²) in [7, 11) is 3.03. The third kappa shape index (κ3) is 5.40. The van der Waals surface area contributed by atoms with Crippen molar-refractivity contribution in [2.75, 3.05) is 20.7 Å². The number of benzene rings is 2. The fraction of sp³-hybridized carbons (Fsp3) is 0.385.